The van der Waals surface area contributed by atoms with E-state index in [2.05, 4.69) is 23.7 Å². The normalized spacial score (nSPS) is 22.6. The van der Waals surface area contributed by atoms with Crippen molar-refractivity contribution < 1.29 is 14.3 Å². The Balaban J connectivity index is 1.74. The third kappa shape index (κ3) is 4.15. The van der Waals surface area contributed by atoms with Gasteiger partial charge in [0.25, 0.3) is 0 Å². The monoisotopic (exact) mass is 373 g/mol. The Morgan fingerprint density at radius 1 is 1.30 bits per heavy atom. The summed E-state index contributed by atoms with van der Waals surface area (Å²) < 4.78 is 5.07. The van der Waals surface area contributed by atoms with Gasteiger partial charge in [0.2, 0.25) is 5.91 Å². The number of carbonyl (C=O) groups excluding carboxylic acids is 2. The topological polar surface area (TPSA) is 62.7 Å². The van der Waals surface area contributed by atoms with E-state index in [4.69, 9.17) is 4.74 Å². The summed E-state index contributed by atoms with van der Waals surface area (Å²) in [5.41, 5.74) is 0.859. The summed E-state index contributed by atoms with van der Waals surface area (Å²) in [6, 6.07) is 4.07. The van der Waals surface area contributed by atoms with Crippen molar-refractivity contribution >= 4 is 11.9 Å². The second kappa shape index (κ2) is 8.38. The van der Waals surface area contributed by atoms with Crippen LogP contribution in [-0.2, 0) is 20.9 Å². The number of hydrogen-bond acceptors (Lipinski definition) is 5. The number of hydrogen-bond donors (Lipinski definition) is 0. The zero-order valence-corrected chi connectivity index (χ0v) is 16.7. The molecule has 2 fully saturated rings. The number of esters is 1. The number of pyridine rings is 1. The molecule has 6 nitrogen and oxygen atoms in total. The van der Waals surface area contributed by atoms with Gasteiger partial charge in [-0.2, -0.15) is 0 Å². The van der Waals surface area contributed by atoms with Crippen LogP contribution in [0.5, 0.6) is 0 Å². The van der Waals surface area contributed by atoms with Crippen LogP contribution in [0.25, 0.3) is 0 Å². The number of piperidine rings is 1. The summed E-state index contributed by atoms with van der Waals surface area (Å²) in [5, 5.41) is 0. The molecule has 0 aliphatic carbocycles. The number of nitrogens with zero attached hydrogens (tertiary/aromatic N) is 3. The molecule has 2 aliphatic heterocycles. The Morgan fingerprint density at radius 3 is 2.56 bits per heavy atom. The Morgan fingerprint density at radius 2 is 1.96 bits per heavy atom. The summed E-state index contributed by atoms with van der Waals surface area (Å²) in [6.45, 7) is 7.70. The number of likely N-dealkylation sites (tertiary alicyclic amines) is 2. The maximum absolute atomic E-state index is 12.8. The van der Waals surface area contributed by atoms with Crippen molar-refractivity contribution in [2.24, 2.45) is 11.8 Å². The summed E-state index contributed by atoms with van der Waals surface area (Å²) in [7, 11) is 1.43. The first-order valence-corrected chi connectivity index (χ1v) is 9.96. The average molecular weight is 373 g/mol. The zero-order valence-electron chi connectivity index (χ0n) is 16.7. The minimum Gasteiger partial charge on any atom is -0.469 e. The molecule has 0 N–H and O–H groups in total. The van der Waals surface area contributed by atoms with E-state index in [0.29, 0.717) is 5.92 Å². The first-order valence-electron chi connectivity index (χ1n) is 9.96. The zero-order chi connectivity index (χ0) is 19.4. The minimum absolute atomic E-state index is 0.105. The molecule has 6 heteroatoms. The van der Waals surface area contributed by atoms with Gasteiger partial charge in [0.1, 0.15) is 0 Å². The van der Waals surface area contributed by atoms with E-state index in [-0.39, 0.29) is 29.8 Å². The van der Waals surface area contributed by atoms with Crippen LogP contribution < -0.4 is 0 Å². The van der Waals surface area contributed by atoms with Crippen LogP contribution in [0.4, 0.5) is 0 Å². The van der Waals surface area contributed by atoms with Gasteiger partial charge < -0.3 is 9.64 Å². The fourth-order valence-electron chi connectivity index (χ4n) is 4.55. The van der Waals surface area contributed by atoms with E-state index >= 15 is 0 Å². The number of methoxy groups -OCH3 is 1. The van der Waals surface area contributed by atoms with Gasteiger partial charge in [-0.1, -0.05) is 13.8 Å². The van der Waals surface area contributed by atoms with Crippen molar-refractivity contribution in [3.63, 3.8) is 0 Å². The van der Waals surface area contributed by atoms with Crippen molar-refractivity contribution in [1.29, 1.82) is 0 Å². The smallest absolute Gasteiger partial charge is 0.311 e. The van der Waals surface area contributed by atoms with Gasteiger partial charge >= 0.3 is 5.97 Å². The molecule has 3 rings (SSSR count). The SMILES string of the molecule is COC(=O)C1CC(=O)N(CCC(C)C)C12CCN(Cc1ccncc1)CC2. The quantitative estimate of drug-likeness (QED) is 0.717. The maximum atomic E-state index is 12.8. The molecule has 0 aromatic carbocycles. The molecule has 2 saturated heterocycles. The van der Waals surface area contributed by atoms with Crippen molar-refractivity contribution in [3.05, 3.63) is 30.1 Å². The van der Waals surface area contributed by atoms with Gasteiger partial charge in [-0.3, -0.25) is 19.5 Å². The predicted octanol–water partition coefficient (Wildman–Crippen LogP) is 2.48. The highest BCUT2D eigenvalue weighted by molar-refractivity contribution is 5.89. The summed E-state index contributed by atoms with van der Waals surface area (Å²) in [6.07, 6.45) is 6.52. The Hall–Kier alpha value is -1.95. The van der Waals surface area contributed by atoms with Crippen molar-refractivity contribution in [1.82, 2.24) is 14.8 Å². The number of rotatable bonds is 6. The molecule has 0 saturated carbocycles. The number of amides is 1. The van der Waals surface area contributed by atoms with Crippen LogP contribution in [-0.4, -0.2) is 58.9 Å². The van der Waals surface area contributed by atoms with Gasteiger partial charge in [0, 0.05) is 45.0 Å². The molecule has 1 aromatic rings. The molecule has 1 aromatic heterocycles. The van der Waals surface area contributed by atoms with E-state index in [0.717, 1.165) is 45.4 Å². The fourth-order valence-corrected chi connectivity index (χ4v) is 4.55. The van der Waals surface area contributed by atoms with Crippen LogP contribution in [0.2, 0.25) is 0 Å². The molecule has 0 radical (unpaired) electrons. The van der Waals surface area contributed by atoms with Crippen LogP contribution in [0, 0.1) is 11.8 Å². The van der Waals surface area contributed by atoms with Crippen LogP contribution in [0.15, 0.2) is 24.5 Å². The molecule has 0 bridgehead atoms. The Bertz CT molecular complexity index is 654. The molecule has 1 amide bonds. The van der Waals surface area contributed by atoms with Gasteiger partial charge in [-0.05, 0) is 42.9 Å². The highest BCUT2D eigenvalue weighted by Gasteiger charge is 2.56. The largest absolute Gasteiger partial charge is 0.469 e. The van der Waals surface area contributed by atoms with Crippen LogP contribution >= 0.6 is 0 Å². The first kappa shape index (κ1) is 19.8. The van der Waals surface area contributed by atoms with Gasteiger partial charge in [-0.15, -0.1) is 0 Å². The lowest BCUT2D eigenvalue weighted by Crippen LogP contribution is -2.57. The fraction of sp³-hybridized carbons (Fsp3) is 0.667. The van der Waals surface area contributed by atoms with Crippen LogP contribution in [0.3, 0.4) is 0 Å². The third-order valence-electron chi connectivity index (χ3n) is 6.16. The van der Waals surface area contributed by atoms with E-state index in [1.807, 2.05) is 29.4 Å². The van der Waals surface area contributed by atoms with E-state index in [1.165, 1.54) is 12.7 Å². The molecular weight excluding hydrogens is 342 g/mol. The molecule has 148 valence electrons. The number of carbonyl (C=O) groups is 2. The second-order valence-electron chi connectivity index (χ2n) is 8.24. The highest BCUT2D eigenvalue weighted by atomic mass is 16.5. The molecule has 1 unspecified atom stereocenters. The van der Waals surface area contributed by atoms with E-state index in [1.54, 1.807) is 0 Å². The van der Waals surface area contributed by atoms with Crippen molar-refractivity contribution in [2.75, 3.05) is 26.7 Å². The van der Waals surface area contributed by atoms with Crippen molar-refractivity contribution in [3.8, 4) is 0 Å². The average Bonchev–Trinajstić information content (AvgIpc) is 2.93. The maximum Gasteiger partial charge on any atom is 0.311 e. The molecule has 1 spiro atoms. The molecule has 27 heavy (non-hydrogen) atoms. The van der Waals surface area contributed by atoms with Gasteiger partial charge in [0.15, 0.2) is 0 Å². The minimum atomic E-state index is -0.381. The van der Waals surface area contributed by atoms with Gasteiger partial charge in [0.05, 0.1) is 18.6 Å². The molecule has 2 aliphatic rings. The van der Waals surface area contributed by atoms with Gasteiger partial charge in [-0.25, -0.2) is 0 Å². The number of ether oxygens (including phenoxy) is 1. The lowest BCUT2D eigenvalue weighted by molar-refractivity contribution is -0.150. The lowest BCUT2D eigenvalue weighted by Gasteiger charge is -2.47. The second-order valence-corrected chi connectivity index (χ2v) is 8.24. The van der Waals surface area contributed by atoms with E-state index in [9.17, 15) is 9.59 Å². The summed E-state index contributed by atoms with van der Waals surface area (Å²) in [4.78, 5) is 33.7. The Labute approximate surface area is 161 Å². The number of aromatic nitrogens is 1. The molecule has 3 heterocycles. The molecular formula is C21H31N3O3. The third-order valence-corrected chi connectivity index (χ3v) is 6.16. The predicted molar refractivity (Wildman–Crippen MR) is 103 cm³/mol. The molecule has 1 atom stereocenters. The van der Waals surface area contributed by atoms with E-state index < -0.39 is 0 Å². The standard InChI is InChI=1S/C21H31N3O3/c1-16(2)6-11-24-19(25)14-18(20(26)27-3)21(24)7-12-23(13-8-21)15-17-4-9-22-10-5-17/h4-5,9-10,16,18H,6-8,11-15H2,1-3H3. The van der Waals surface area contributed by atoms with Crippen LogP contribution in [0.1, 0.15) is 45.1 Å². The first-order chi connectivity index (χ1) is 13.0. The lowest BCUT2D eigenvalue weighted by atomic mass is 9.76. The summed E-state index contributed by atoms with van der Waals surface area (Å²) in [5.74, 6) is 0.0515. The highest BCUT2D eigenvalue weighted by Crippen LogP contribution is 2.44. The summed E-state index contributed by atoms with van der Waals surface area (Å²) >= 11 is 0. The Kier molecular flexibility index (Phi) is 6.15. The van der Waals surface area contributed by atoms with Crippen molar-refractivity contribution in [2.45, 2.75) is 51.6 Å².